The molecule has 1 aliphatic carbocycles. The highest BCUT2D eigenvalue weighted by Crippen LogP contribution is 2.18. The molecule has 1 aliphatic heterocycles. The van der Waals surface area contributed by atoms with E-state index in [1.54, 1.807) is 0 Å². The van der Waals surface area contributed by atoms with Gasteiger partial charge in [0.05, 0.1) is 6.54 Å². The summed E-state index contributed by atoms with van der Waals surface area (Å²) in [5.41, 5.74) is 0. The van der Waals surface area contributed by atoms with Crippen LogP contribution >= 0.6 is 0 Å². The third-order valence-electron chi connectivity index (χ3n) is 2.89. The van der Waals surface area contributed by atoms with Crippen molar-refractivity contribution < 1.29 is 4.79 Å². The van der Waals surface area contributed by atoms with Gasteiger partial charge in [-0.1, -0.05) is 0 Å². The van der Waals surface area contributed by atoms with Crippen LogP contribution in [0.25, 0.3) is 0 Å². The van der Waals surface area contributed by atoms with E-state index in [4.69, 9.17) is 0 Å². The highest BCUT2D eigenvalue weighted by atomic mass is 16.2. The van der Waals surface area contributed by atoms with Crippen molar-refractivity contribution in [1.29, 1.82) is 0 Å². The first kappa shape index (κ1) is 9.93. The molecule has 2 fully saturated rings. The van der Waals surface area contributed by atoms with Crippen molar-refractivity contribution in [2.45, 2.75) is 31.3 Å². The molecule has 2 rings (SSSR count). The molecule has 0 aromatic heterocycles. The molecular formula is C10H19N3O. The quantitative estimate of drug-likeness (QED) is 0.642. The molecule has 1 amide bonds. The largest absolute Gasteiger partial charge is 0.352 e. The number of hydrogen-bond acceptors (Lipinski definition) is 3. The van der Waals surface area contributed by atoms with Crippen LogP contribution in [-0.4, -0.2) is 49.6 Å². The molecule has 0 radical (unpaired) electrons. The summed E-state index contributed by atoms with van der Waals surface area (Å²) >= 11 is 0. The molecule has 4 nitrogen and oxygen atoms in total. The molecule has 1 saturated carbocycles. The van der Waals surface area contributed by atoms with E-state index in [2.05, 4.69) is 22.6 Å². The fourth-order valence-corrected chi connectivity index (χ4v) is 1.85. The monoisotopic (exact) mass is 197 g/mol. The molecule has 80 valence electrons. The third kappa shape index (κ3) is 2.96. The Labute approximate surface area is 85.0 Å². The number of nitrogens with one attached hydrogen (secondary N) is 2. The van der Waals surface area contributed by atoms with Crippen LogP contribution in [0.2, 0.25) is 0 Å². The van der Waals surface area contributed by atoms with Gasteiger partial charge in [0.25, 0.3) is 0 Å². The topological polar surface area (TPSA) is 44.4 Å². The first-order chi connectivity index (χ1) is 6.74. The maximum absolute atomic E-state index is 11.3. The molecule has 1 atom stereocenters. The SMILES string of the molecule is CN1CCC(NCC(=O)NC2CC2)C1. The van der Waals surface area contributed by atoms with Gasteiger partial charge in [0.1, 0.15) is 0 Å². The van der Waals surface area contributed by atoms with Gasteiger partial charge in [0.15, 0.2) is 0 Å². The predicted molar refractivity (Wildman–Crippen MR) is 55.1 cm³/mol. The molecule has 2 aliphatic rings. The van der Waals surface area contributed by atoms with Crippen molar-refractivity contribution in [2.24, 2.45) is 0 Å². The molecule has 0 aromatic carbocycles. The Morgan fingerprint density at radius 2 is 2.14 bits per heavy atom. The zero-order valence-electron chi connectivity index (χ0n) is 8.75. The molecule has 0 spiro atoms. The smallest absolute Gasteiger partial charge is 0.234 e. The third-order valence-corrected chi connectivity index (χ3v) is 2.89. The Bertz CT molecular complexity index is 215. The second-order valence-electron chi connectivity index (χ2n) is 4.47. The Hall–Kier alpha value is -0.610. The minimum Gasteiger partial charge on any atom is -0.352 e. The average molecular weight is 197 g/mol. The fraction of sp³-hybridized carbons (Fsp3) is 0.900. The lowest BCUT2D eigenvalue weighted by Gasteiger charge is -2.12. The van der Waals surface area contributed by atoms with Crippen LogP contribution in [0.4, 0.5) is 0 Å². The highest BCUT2D eigenvalue weighted by molar-refractivity contribution is 5.78. The summed E-state index contributed by atoms with van der Waals surface area (Å²) in [5.74, 6) is 0.155. The van der Waals surface area contributed by atoms with Gasteiger partial charge in [0.2, 0.25) is 5.91 Å². The van der Waals surface area contributed by atoms with Crippen molar-refractivity contribution in [3.05, 3.63) is 0 Å². The lowest BCUT2D eigenvalue weighted by atomic mass is 10.2. The molecule has 1 saturated heterocycles. The van der Waals surface area contributed by atoms with E-state index in [9.17, 15) is 4.79 Å². The minimum absolute atomic E-state index is 0.155. The van der Waals surface area contributed by atoms with Gasteiger partial charge in [-0.2, -0.15) is 0 Å². The van der Waals surface area contributed by atoms with Crippen molar-refractivity contribution in [3.63, 3.8) is 0 Å². The Morgan fingerprint density at radius 1 is 1.36 bits per heavy atom. The van der Waals surface area contributed by atoms with Gasteiger partial charge in [-0.25, -0.2) is 0 Å². The van der Waals surface area contributed by atoms with Crippen LogP contribution < -0.4 is 10.6 Å². The molecule has 0 aromatic rings. The standard InChI is InChI=1S/C10H19N3O/c1-13-5-4-9(7-13)11-6-10(14)12-8-2-3-8/h8-9,11H,2-7H2,1H3,(H,12,14). The van der Waals surface area contributed by atoms with Crippen LogP contribution in [0.3, 0.4) is 0 Å². The first-order valence-corrected chi connectivity index (χ1v) is 5.45. The van der Waals surface area contributed by atoms with Crippen molar-refractivity contribution in [1.82, 2.24) is 15.5 Å². The van der Waals surface area contributed by atoms with E-state index < -0.39 is 0 Å². The number of hydrogen-bond donors (Lipinski definition) is 2. The number of rotatable bonds is 4. The molecule has 2 N–H and O–H groups in total. The minimum atomic E-state index is 0.155. The summed E-state index contributed by atoms with van der Waals surface area (Å²) in [6.45, 7) is 2.69. The van der Waals surface area contributed by atoms with Gasteiger partial charge < -0.3 is 15.5 Å². The Morgan fingerprint density at radius 3 is 2.71 bits per heavy atom. The summed E-state index contributed by atoms with van der Waals surface area (Å²) in [7, 11) is 2.12. The zero-order chi connectivity index (χ0) is 9.97. The maximum Gasteiger partial charge on any atom is 0.234 e. The number of carbonyl (C=O) groups excluding carboxylic acids is 1. The summed E-state index contributed by atoms with van der Waals surface area (Å²) < 4.78 is 0. The van der Waals surface area contributed by atoms with Crippen LogP contribution in [0, 0.1) is 0 Å². The summed E-state index contributed by atoms with van der Waals surface area (Å²) in [6, 6.07) is 0.987. The number of carbonyl (C=O) groups is 1. The number of amides is 1. The molecule has 14 heavy (non-hydrogen) atoms. The lowest BCUT2D eigenvalue weighted by molar-refractivity contribution is -0.120. The van der Waals surface area contributed by atoms with Crippen molar-refractivity contribution in [3.8, 4) is 0 Å². The van der Waals surface area contributed by atoms with Crippen LogP contribution in [0.5, 0.6) is 0 Å². The molecule has 1 heterocycles. The van der Waals surface area contributed by atoms with Crippen molar-refractivity contribution in [2.75, 3.05) is 26.7 Å². The van der Waals surface area contributed by atoms with E-state index >= 15 is 0 Å². The second-order valence-corrected chi connectivity index (χ2v) is 4.47. The van der Waals surface area contributed by atoms with Gasteiger partial charge in [-0.3, -0.25) is 4.79 Å². The number of likely N-dealkylation sites (tertiary alicyclic amines) is 1. The van der Waals surface area contributed by atoms with Crippen LogP contribution in [-0.2, 0) is 4.79 Å². The van der Waals surface area contributed by atoms with E-state index in [1.807, 2.05) is 0 Å². The summed E-state index contributed by atoms with van der Waals surface area (Å²) in [4.78, 5) is 13.6. The lowest BCUT2D eigenvalue weighted by Crippen LogP contribution is -2.40. The highest BCUT2D eigenvalue weighted by Gasteiger charge is 2.24. The fourth-order valence-electron chi connectivity index (χ4n) is 1.85. The normalized spacial score (nSPS) is 27.9. The van der Waals surface area contributed by atoms with Gasteiger partial charge in [-0.05, 0) is 32.9 Å². The van der Waals surface area contributed by atoms with Crippen LogP contribution in [0.15, 0.2) is 0 Å². The summed E-state index contributed by atoms with van der Waals surface area (Å²) in [6.07, 6.45) is 3.49. The Kier molecular flexibility index (Phi) is 3.03. The first-order valence-electron chi connectivity index (χ1n) is 5.45. The van der Waals surface area contributed by atoms with E-state index in [0.717, 1.165) is 32.4 Å². The second kappa shape index (κ2) is 4.28. The maximum atomic E-state index is 11.3. The van der Waals surface area contributed by atoms with E-state index in [0.29, 0.717) is 18.6 Å². The Balaban J connectivity index is 1.59. The predicted octanol–water partition coefficient (Wildman–Crippen LogP) is -0.441. The average Bonchev–Trinajstić information content (AvgIpc) is 2.85. The van der Waals surface area contributed by atoms with Crippen LogP contribution in [0.1, 0.15) is 19.3 Å². The van der Waals surface area contributed by atoms with Gasteiger partial charge >= 0.3 is 0 Å². The van der Waals surface area contributed by atoms with Crippen molar-refractivity contribution >= 4 is 5.91 Å². The van der Waals surface area contributed by atoms with E-state index in [1.165, 1.54) is 0 Å². The molecule has 1 unspecified atom stereocenters. The molecular weight excluding hydrogens is 178 g/mol. The van der Waals surface area contributed by atoms with Gasteiger partial charge in [0, 0.05) is 18.6 Å². The summed E-state index contributed by atoms with van der Waals surface area (Å²) in [5, 5.41) is 6.27. The number of nitrogens with zero attached hydrogens (tertiary/aromatic N) is 1. The van der Waals surface area contributed by atoms with Gasteiger partial charge in [-0.15, -0.1) is 0 Å². The zero-order valence-corrected chi connectivity index (χ0v) is 8.75. The van der Waals surface area contributed by atoms with E-state index in [-0.39, 0.29) is 5.91 Å². The molecule has 0 bridgehead atoms. The molecule has 4 heteroatoms. The number of likely N-dealkylation sites (N-methyl/N-ethyl adjacent to an activating group) is 1.